The minimum atomic E-state index is -0.183. The molecule has 134 valence electrons. The second-order valence-electron chi connectivity index (χ2n) is 6.86. The summed E-state index contributed by atoms with van der Waals surface area (Å²) in [6, 6.07) is 17.2. The van der Waals surface area contributed by atoms with E-state index in [4.69, 9.17) is 4.52 Å². The summed E-state index contributed by atoms with van der Waals surface area (Å²) in [6.45, 7) is 2.60. The van der Waals surface area contributed by atoms with Crippen molar-refractivity contribution < 1.29 is 8.91 Å². The van der Waals surface area contributed by atoms with Crippen LogP contribution in [0.1, 0.15) is 35.2 Å². The van der Waals surface area contributed by atoms with Crippen LogP contribution in [-0.2, 0) is 19.4 Å². The van der Waals surface area contributed by atoms with Crippen LogP contribution in [0.4, 0.5) is 4.39 Å². The monoisotopic (exact) mass is 351 g/mol. The van der Waals surface area contributed by atoms with Gasteiger partial charge in [-0.25, -0.2) is 4.39 Å². The third-order valence-electron chi connectivity index (χ3n) is 4.96. The SMILES string of the molecule is Fc1ccc(C2CCN(Cc3nc(CCc4ccccc4)no3)C2)cc1. The van der Waals surface area contributed by atoms with Gasteiger partial charge in [0.1, 0.15) is 5.82 Å². The summed E-state index contributed by atoms with van der Waals surface area (Å²) in [5, 5.41) is 4.11. The molecule has 1 unspecified atom stereocenters. The fourth-order valence-corrected chi connectivity index (χ4v) is 3.53. The smallest absolute Gasteiger partial charge is 0.240 e. The standard InChI is InChI=1S/C21H22FN3O/c22-19-9-7-17(8-10-19)18-12-13-25(14-18)15-21-23-20(24-26-21)11-6-16-4-2-1-3-5-16/h1-5,7-10,18H,6,11-15H2. The second-order valence-corrected chi connectivity index (χ2v) is 6.86. The molecule has 0 amide bonds. The van der Waals surface area contributed by atoms with E-state index >= 15 is 0 Å². The molecule has 0 aliphatic carbocycles. The highest BCUT2D eigenvalue weighted by Crippen LogP contribution is 2.28. The molecule has 0 saturated carbocycles. The molecule has 5 heteroatoms. The van der Waals surface area contributed by atoms with E-state index in [0.717, 1.165) is 38.2 Å². The van der Waals surface area contributed by atoms with Gasteiger partial charge in [0.25, 0.3) is 0 Å². The van der Waals surface area contributed by atoms with Crippen molar-refractivity contribution in [3.8, 4) is 0 Å². The van der Waals surface area contributed by atoms with Crippen molar-refractivity contribution in [1.82, 2.24) is 15.0 Å². The Bertz CT molecular complexity index is 832. The number of nitrogens with zero attached hydrogens (tertiary/aromatic N) is 3. The van der Waals surface area contributed by atoms with Crippen molar-refractivity contribution >= 4 is 0 Å². The fourth-order valence-electron chi connectivity index (χ4n) is 3.53. The summed E-state index contributed by atoms with van der Waals surface area (Å²) < 4.78 is 18.5. The summed E-state index contributed by atoms with van der Waals surface area (Å²) in [6.07, 6.45) is 2.77. The first-order chi connectivity index (χ1) is 12.8. The van der Waals surface area contributed by atoms with Crippen LogP contribution in [0.5, 0.6) is 0 Å². The Morgan fingerprint density at radius 3 is 2.65 bits per heavy atom. The second kappa shape index (κ2) is 7.79. The Morgan fingerprint density at radius 2 is 1.85 bits per heavy atom. The van der Waals surface area contributed by atoms with Gasteiger partial charge in [-0.15, -0.1) is 0 Å². The molecule has 3 aromatic rings. The Balaban J connectivity index is 1.30. The van der Waals surface area contributed by atoms with E-state index in [9.17, 15) is 4.39 Å². The zero-order valence-electron chi connectivity index (χ0n) is 14.6. The van der Waals surface area contributed by atoms with Crippen LogP contribution in [0.25, 0.3) is 0 Å². The van der Waals surface area contributed by atoms with Crippen molar-refractivity contribution in [2.24, 2.45) is 0 Å². The van der Waals surface area contributed by atoms with Crippen LogP contribution in [0.15, 0.2) is 59.1 Å². The third kappa shape index (κ3) is 4.17. The number of hydrogen-bond acceptors (Lipinski definition) is 4. The van der Waals surface area contributed by atoms with E-state index in [1.165, 1.54) is 23.3 Å². The van der Waals surface area contributed by atoms with E-state index in [1.54, 1.807) is 0 Å². The number of hydrogen-bond donors (Lipinski definition) is 0. The molecule has 0 spiro atoms. The Morgan fingerprint density at radius 1 is 1.04 bits per heavy atom. The van der Waals surface area contributed by atoms with Gasteiger partial charge in [-0.2, -0.15) is 4.98 Å². The lowest BCUT2D eigenvalue weighted by Gasteiger charge is -2.13. The van der Waals surface area contributed by atoms with Crippen LogP contribution in [0.2, 0.25) is 0 Å². The van der Waals surface area contributed by atoms with Gasteiger partial charge < -0.3 is 4.52 Å². The van der Waals surface area contributed by atoms with E-state index < -0.39 is 0 Å². The molecular weight excluding hydrogens is 329 g/mol. The zero-order valence-corrected chi connectivity index (χ0v) is 14.6. The molecule has 1 aliphatic heterocycles. The molecule has 2 heterocycles. The maximum Gasteiger partial charge on any atom is 0.240 e. The lowest BCUT2D eigenvalue weighted by atomic mass is 9.99. The minimum Gasteiger partial charge on any atom is -0.338 e. The van der Waals surface area contributed by atoms with Gasteiger partial charge >= 0.3 is 0 Å². The van der Waals surface area contributed by atoms with E-state index in [2.05, 4.69) is 27.2 Å². The van der Waals surface area contributed by atoms with Crippen molar-refractivity contribution in [3.05, 3.63) is 83.3 Å². The number of benzene rings is 2. The largest absolute Gasteiger partial charge is 0.338 e. The van der Waals surface area contributed by atoms with Gasteiger partial charge in [-0.3, -0.25) is 4.90 Å². The molecule has 2 aromatic carbocycles. The van der Waals surface area contributed by atoms with Gasteiger partial charge in [0, 0.05) is 13.0 Å². The molecule has 0 N–H and O–H groups in total. The summed E-state index contributed by atoms with van der Waals surface area (Å²) in [5.41, 5.74) is 2.48. The average Bonchev–Trinajstić information content (AvgIpc) is 3.32. The molecule has 1 fully saturated rings. The first kappa shape index (κ1) is 16.9. The Hall–Kier alpha value is -2.53. The quantitative estimate of drug-likeness (QED) is 0.674. The van der Waals surface area contributed by atoms with Crippen LogP contribution in [-0.4, -0.2) is 28.1 Å². The van der Waals surface area contributed by atoms with Gasteiger partial charge in [-0.05, 0) is 48.6 Å². The van der Waals surface area contributed by atoms with Crippen molar-refractivity contribution in [2.45, 2.75) is 31.7 Å². The normalized spacial score (nSPS) is 17.7. The topological polar surface area (TPSA) is 42.2 Å². The molecule has 0 radical (unpaired) electrons. The number of rotatable bonds is 6. The first-order valence-corrected chi connectivity index (χ1v) is 9.09. The molecule has 1 saturated heterocycles. The molecule has 1 aromatic heterocycles. The third-order valence-corrected chi connectivity index (χ3v) is 4.96. The predicted molar refractivity (Wildman–Crippen MR) is 97.2 cm³/mol. The van der Waals surface area contributed by atoms with Crippen molar-refractivity contribution in [2.75, 3.05) is 13.1 Å². The van der Waals surface area contributed by atoms with E-state index in [1.807, 2.05) is 30.3 Å². The summed E-state index contributed by atoms with van der Waals surface area (Å²) >= 11 is 0. The summed E-state index contributed by atoms with van der Waals surface area (Å²) in [7, 11) is 0. The lowest BCUT2D eigenvalue weighted by molar-refractivity contribution is 0.265. The zero-order chi connectivity index (χ0) is 17.8. The molecule has 0 bridgehead atoms. The maximum absolute atomic E-state index is 13.1. The molecular formula is C21H22FN3O. The Labute approximate surface area is 152 Å². The summed E-state index contributed by atoms with van der Waals surface area (Å²) in [4.78, 5) is 6.85. The highest BCUT2D eigenvalue weighted by Gasteiger charge is 2.25. The predicted octanol–water partition coefficient (Wildman–Crippen LogP) is 3.98. The van der Waals surface area contributed by atoms with Gasteiger partial charge in [0.2, 0.25) is 5.89 Å². The van der Waals surface area contributed by atoms with Crippen molar-refractivity contribution in [1.29, 1.82) is 0 Å². The highest BCUT2D eigenvalue weighted by atomic mass is 19.1. The molecule has 1 atom stereocenters. The minimum absolute atomic E-state index is 0.183. The maximum atomic E-state index is 13.1. The van der Waals surface area contributed by atoms with Crippen LogP contribution >= 0.6 is 0 Å². The number of halogens is 1. The number of aromatic nitrogens is 2. The molecule has 1 aliphatic rings. The number of aryl methyl sites for hydroxylation is 2. The highest BCUT2D eigenvalue weighted by molar-refractivity contribution is 5.22. The van der Waals surface area contributed by atoms with Gasteiger partial charge in [-0.1, -0.05) is 47.6 Å². The van der Waals surface area contributed by atoms with Crippen LogP contribution in [0, 0.1) is 5.82 Å². The van der Waals surface area contributed by atoms with E-state index in [0.29, 0.717) is 18.4 Å². The van der Waals surface area contributed by atoms with Crippen molar-refractivity contribution in [3.63, 3.8) is 0 Å². The lowest BCUT2D eigenvalue weighted by Crippen LogP contribution is -2.20. The van der Waals surface area contributed by atoms with Gasteiger partial charge in [0.05, 0.1) is 6.54 Å². The average molecular weight is 351 g/mol. The van der Waals surface area contributed by atoms with Crippen LogP contribution < -0.4 is 0 Å². The number of likely N-dealkylation sites (tertiary alicyclic amines) is 1. The van der Waals surface area contributed by atoms with Crippen LogP contribution in [0.3, 0.4) is 0 Å². The van der Waals surface area contributed by atoms with E-state index in [-0.39, 0.29) is 5.82 Å². The fraction of sp³-hybridized carbons (Fsp3) is 0.333. The summed E-state index contributed by atoms with van der Waals surface area (Å²) in [5.74, 6) is 1.69. The molecule has 4 rings (SSSR count). The Kier molecular flexibility index (Phi) is 5.07. The molecule has 26 heavy (non-hydrogen) atoms. The van der Waals surface area contributed by atoms with Gasteiger partial charge in [0.15, 0.2) is 5.82 Å². The molecule has 4 nitrogen and oxygen atoms in total. The first-order valence-electron chi connectivity index (χ1n) is 9.09.